The summed E-state index contributed by atoms with van der Waals surface area (Å²) in [5.41, 5.74) is 11.8. The van der Waals surface area contributed by atoms with Crippen LogP contribution in [0.5, 0.6) is 0 Å². The average Bonchev–Trinajstić information content (AvgIpc) is 3.17. The monoisotopic (exact) mass is 430 g/mol. The van der Waals surface area contributed by atoms with E-state index in [-0.39, 0.29) is 21.8 Å². The summed E-state index contributed by atoms with van der Waals surface area (Å²) >= 11 is 0. The summed E-state index contributed by atoms with van der Waals surface area (Å²) in [5, 5.41) is 0. The maximum atomic E-state index is 6.72. The predicted octanol–water partition coefficient (Wildman–Crippen LogP) is 6.69. The Bertz CT molecular complexity index is 1110. The minimum Gasteiger partial charge on any atom is -0.322 e. The average molecular weight is 431 g/mol. The third-order valence-corrected chi connectivity index (χ3v) is 8.40. The summed E-state index contributed by atoms with van der Waals surface area (Å²) in [6.07, 6.45) is 3.30. The van der Waals surface area contributed by atoms with E-state index in [1.165, 1.54) is 16.7 Å². The molecule has 0 spiro atoms. The first-order chi connectivity index (χ1) is 15.0. The molecule has 1 aliphatic carbocycles. The van der Waals surface area contributed by atoms with Crippen molar-refractivity contribution in [3.63, 3.8) is 0 Å². The van der Waals surface area contributed by atoms with Crippen molar-refractivity contribution < 1.29 is 4.58 Å². The quantitative estimate of drug-likeness (QED) is 0.426. The van der Waals surface area contributed by atoms with E-state index in [2.05, 4.69) is 102 Å². The summed E-state index contributed by atoms with van der Waals surface area (Å²) in [7, 11) is 0. The van der Waals surface area contributed by atoms with Crippen molar-refractivity contribution in [2.45, 2.75) is 91.0 Å². The highest BCUT2D eigenvalue weighted by Gasteiger charge is 2.87. The molecule has 0 aromatic heterocycles. The molecule has 2 aromatic carbocycles. The largest absolute Gasteiger partial charge is 0.322 e. The smallest absolute Gasteiger partial charge is 0.271 e. The number of nitrogens with two attached hydrogens (primary N) is 1. The SMILES string of the molecule is CCCC12[N+](=C(C)N)C(=Nc3ccccc3C(C)(C)C)c3ccccc3C1(CC)C2(C)C. The second-order valence-electron chi connectivity index (χ2n) is 11.2. The standard InChI is InChI=1S/C29H39N3/c1-9-19-29-27(7,8)28(29,10-2)22-16-12-11-15-21(22)25(32(29)20(3)30)31-24-18-14-13-17-23(24)26(4,5)6/h11-18,30H,9-10,19H2,1-8H3/p+1. The van der Waals surface area contributed by atoms with Crippen molar-refractivity contribution in [2.75, 3.05) is 0 Å². The van der Waals surface area contributed by atoms with Crippen molar-refractivity contribution >= 4 is 17.4 Å². The summed E-state index contributed by atoms with van der Waals surface area (Å²) in [6.45, 7) is 18.3. The molecule has 2 N–H and O–H groups in total. The molecule has 4 rings (SSSR count). The van der Waals surface area contributed by atoms with Crippen molar-refractivity contribution in [3.05, 3.63) is 65.2 Å². The van der Waals surface area contributed by atoms with Gasteiger partial charge in [0.15, 0.2) is 5.84 Å². The Morgan fingerprint density at radius 1 is 1.00 bits per heavy atom. The number of hydrogen-bond acceptors (Lipinski definition) is 1. The normalized spacial score (nSPS) is 28.8. The lowest BCUT2D eigenvalue weighted by molar-refractivity contribution is -0.491. The van der Waals surface area contributed by atoms with Gasteiger partial charge in [0, 0.05) is 23.3 Å². The summed E-state index contributed by atoms with van der Waals surface area (Å²) < 4.78 is 2.42. The number of fused-ring (bicyclic) bond motifs is 3. The van der Waals surface area contributed by atoms with Gasteiger partial charge in [0.05, 0.1) is 5.56 Å². The van der Waals surface area contributed by atoms with Crippen LogP contribution in [0.2, 0.25) is 0 Å². The predicted molar refractivity (Wildman–Crippen MR) is 136 cm³/mol. The van der Waals surface area contributed by atoms with E-state index in [1.807, 2.05) is 6.92 Å². The molecule has 0 bridgehead atoms. The molecule has 170 valence electrons. The Hall–Kier alpha value is -2.42. The lowest BCUT2D eigenvalue weighted by atomic mass is 9.78. The number of hydrogen-bond donors (Lipinski definition) is 1. The third-order valence-electron chi connectivity index (χ3n) is 8.40. The molecule has 1 aliphatic heterocycles. The van der Waals surface area contributed by atoms with Crippen LogP contribution in [-0.4, -0.2) is 21.8 Å². The summed E-state index contributed by atoms with van der Waals surface area (Å²) in [4.78, 5) is 5.41. The maximum Gasteiger partial charge on any atom is 0.271 e. The fourth-order valence-corrected chi connectivity index (χ4v) is 7.24. The zero-order chi connectivity index (χ0) is 23.5. The first-order valence-corrected chi connectivity index (χ1v) is 12.2. The van der Waals surface area contributed by atoms with Gasteiger partial charge in [-0.3, -0.25) is 0 Å². The Balaban J connectivity index is 2.11. The molecule has 0 radical (unpaired) electrons. The molecule has 1 fully saturated rings. The Kier molecular flexibility index (Phi) is 5.19. The summed E-state index contributed by atoms with van der Waals surface area (Å²) in [5.74, 6) is 1.84. The molecule has 0 amide bonds. The van der Waals surface area contributed by atoms with Gasteiger partial charge in [0.25, 0.3) is 5.84 Å². The van der Waals surface area contributed by atoms with Gasteiger partial charge in [-0.25, -0.2) is 4.58 Å². The zero-order valence-electron chi connectivity index (χ0n) is 21.2. The molecule has 2 aliphatic rings. The van der Waals surface area contributed by atoms with Gasteiger partial charge in [0.2, 0.25) is 0 Å². The molecule has 1 heterocycles. The Labute approximate surface area is 194 Å². The molecule has 2 atom stereocenters. The molecule has 2 aromatic rings. The number of aliphatic imine (C=N–C) groups is 1. The first kappa shape index (κ1) is 22.8. The van der Waals surface area contributed by atoms with E-state index in [0.29, 0.717) is 0 Å². The lowest BCUT2D eigenvalue weighted by Gasteiger charge is -2.34. The molecular weight excluding hydrogens is 390 g/mol. The highest BCUT2D eigenvalue weighted by Crippen LogP contribution is 2.79. The van der Waals surface area contributed by atoms with E-state index in [9.17, 15) is 0 Å². The van der Waals surface area contributed by atoms with Crippen LogP contribution < -0.4 is 5.73 Å². The molecule has 3 heteroatoms. The topological polar surface area (TPSA) is 41.4 Å². The van der Waals surface area contributed by atoms with E-state index < -0.39 is 0 Å². The molecule has 3 nitrogen and oxygen atoms in total. The van der Waals surface area contributed by atoms with Gasteiger partial charge in [-0.05, 0) is 36.0 Å². The van der Waals surface area contributed by atoms with Crippen LogP contribution in [0.1, 0.15) is 91.3 Å². The number of rotatable bonds is 4. The van der Waals surface area contributed by atoms with Gasteiger partial charge in [-0.2, -0.15) is 0 Å². The Morgan fingerprint density at radius 3 is 2.22 bits per heavy atom. The van der Waals surface area contributed by atoms with Crippen LogP contribution in [0.4, 0.5) is 5.69 Å². The molecule has 32 heavy (non-hydrogen) atoms. The van der Waals surface area contributed by atoms with Crippen LogP contribution >= 0.6 is 0 Å². The van der Waals surface area contributed by atoms with E-state index in [1.54, 1.807) is 0 Å². The van der Waals surface area contributed by atoms with Crippen molar-refractivity contribution in [3.8, 4) is 0 Å². The number of para-hydroxylation sites is 1. The Morgan fingerprint density at radius 2 is 1.62 bits per heavy atom. The van der Waals surface area contributed by atoms with Gasteiger partial charge in [0.1, 0.15) is 11.2 Å². The maximum absolute atomic E-state index is 6.72. The fraction of sp³-hybridized carbons (Fsp3) is 0.517. The molecular formula is C29H40N3+. The minimum atomic E-state index is -0.0633. The van der Waals surface area contributed by atoms with Gasteiger partial charge in [-0.15, -0.1) is 4.99 Å². The molecule has 2 unspecified atom stereocenters. The van der Waals surface area contributed by atoms with Crippen LogP contribution in [0.25, 0.3) is 0 Å². The first-order valence-electron chi connectivity index (χ1n) is 12.2. The number of nitrogens with zero attached hydrogens (tertiary/aromatic N) is 2. The van der Waals surface area contributed by atoms with Crippen LogP contribution in [0, 0.1) is 5.41 Å². The van der Waals surface area contributed by atoms with E-state index in [0.717, 1.165) is 36.6 Å². The second-order valence-corrected chi connectivity index (χ2v) is 11.2. The second kappa shape index (κ2) is 7.30. The van der Waals surface area contributed by atoms with Gasteiger partial charge in [-0.1, -0.05) is 91.3 Å². The fourth-order valence-electron chi connectivity index (χ4n) is 7.24. The highest BCUT2D eigenvalue weighted by molar-refractivity contribution is 6.02. The lowest BCUT2D eigenvalue weighted by Crippen LogP contribution is -2.50. The summed E-state index contributed by atoms with van der Waals surface area (Å²) in [6, 6.07) is 17.5. The van der Waals surface area contributed by atoms with Gasteiger partial charge >= 0.3 is 0 Å². The van der Waals surface area contributed by atoms with Crippen molar-refractivity contribution in [1.29, 1.82) is 0 Å². The highest BCUT2D eigenvalue weighted by atomic mass is 15.3. The molecule has 0 saturated heterocycles. The van der Waals surface area contributed by atoms with E-state index >= 15 is 0 Å². The minimum absolute atomic E-state index is 0.00821. The van der Waals surface area contributed by atoms with E-state index in [4.69, 9.17) is 10.7 Å². The number of amidine groups is 2. The van der Waals surface area contributed by atoms with Crippen LogP contribution in [-0.2, 0) is 10.8 Å². The van der Waals surface area contributed by atoms with Crippen LogP contribution in [0.15, 0.2) is 53.5 Å². The third kappa shape index (κ3) is 2.66. The van der Waals surface area contributed by atoms with Gasteiger partial charge < -0.3 is 5.73 Å². The zero-order valence-corrected chi connectivity index (χ0v) is 21.2. The van der Waals surface area contributed by atoms with Crippen LogP contribution in [0.3, 0.4) is 0 Å². The van der Waals surface area contributed by atoms with Crippen molar-refractivity contribution in [1.82, 2.24) is 0 Å². The number of benzene rings is 2. The van der Waals surface area contributed by atoms with Crippen molar-refractivity contribution in [2.24, 2.45) is 16.1 Å². The molecule has 1 saturated carbocycles.